The molecule has 0 bridgehead atoms. The van der Waals surface area contributed by atoms with Crippen LogP contribution in [0.5, 0.6) is 0 Å². The lowest BCUT2D eigenvalue weighted by atomic mass is 10.1. The number of ether oxygens (including phenoxy) is 1. The maximum Gasteiger partial charge on any atom is 0.115 e. The largest absolute Gasteiger partial charge is 0.380 e. The van der Waals surface area contributed by atoms with E-state index in [0.717, 1.165) is 34.5 Å². The van der Waals surface area contributed by atoms with Gasteiger partial charge < -0.3 is 4.74 Å². The molecule has 0 aliphatic rings. The van der Waals surface area contributed by atoms with Crippen LogP contribution in [0.15, 0.2) is 48.5 Å². The highest BCUT2D eigenvalue weighted by atomic mass is 35.5. The molecule has 1 aromatic heterocycles. The first-order valence-corrected chi connectivity index (χ1v) is 7.48. The molecular formula is C17H17ClN2O. The molecule has 108 valence electrons. The first-order chi connectivity index (χ1) is 10.3. The van der Waals surface area contributed by atoms with Gasteiger partial charge in [-0.2, -0.15) is 0 Å². The van der Waals surface area contributed by atoms with Crippen molar-refractivity contribution in [2.45, 2.75) is 13.0 Å². The minimum absolute atomic E-state index is 0.551. The van der Waals surface area contributed by atoms with Gasteiger partial charge >= 0.3 is 0 Å². The summed E-state index contributed by atoms with van der Waals surface area (Å²) in [5, 5.41) is 0. The van der Waals surface area contributed by atoms with E-state index in [2.05, 4.69) is 22.8 Å². The van der Waals surface area contributed by atoms with Crippen molar-refractivity contribution in [2.75, 3.05) is 13.0 Å². The van der Waals surface area contributed by atoms with Crippen molar-refractivity contribution in [3.63, 3.8) is 0 Å². The number of fused-ring (bicyclic) bond motifs is 1. The van der Waals surface area contributed by atoms with Crippen LogP contribution in [-0.2, 0) is 17.8 Å². The molecule has 3 nitrogen and oxygen atoms in total. The fourth-order valence-electron chi connectivity index (χ4n) is 2.60. The van der Waals surface area contributed by atoms with Gasteiger partial charge in [0.25, 0.3) is 0 Å². The standard InChI is InChI=1S/C17H17ClN2O/c1-21-12-13-6-2-4-8-15(13)20-16-9-5-3-7-14(16)19-17(20)10-11-18/h2-9H,10-12H2,1H3. The number of aromatic nitrogens is 2. The number of alkyl halides is 1. The highest BCUT2D eigenvalue weighted by molar-refractivity contribution is 6.17. The zero-order chi connectivity index (χ0) is 14.7. The van der Waals surface area contributed by atoms with Crippen molar-refractivity contribution in [3.8, 4) is 5.69 Å². The van der Waals surface area contributed by atoms with Crippen LogP contribution in [0.25, 0.3) is 16.7 Å². The average Bonchev–Trinajstić information content (AvgIpc) is 2.86. The third kappa shape index (κ3) is 2.67. The van der Waals surface area contributed by atoms with Gasteiger partial charge in [-0.25, -0.2) is 4.98 Å². The Morgan fingerprint density at radius 1 is 1.10 bits per heavy atom. The summed E-state index contributed by atoms with van der Waals surface area (Å²) in [5.41, 5.74) is 4.33. The number of para-hydroxylation sites is 3. The Morgan fingerprint density at radius 2 is 1.86 bits per heavy atom. The number of hydrogen-bond donors (Lipinski definition) is 0. The van der Waals surface area contributed by atoms with E-state index >= 15 is 0 Å². The molecule has 0 amide bonds. The Labute approximate surface area is 129 Å². The van der Waals surface area contributed by atoms with Crippen molar-refractivity contribution >= 4 is 22.6 Å². The minimum atomic E-state index is 0.551. The monoisotopic (exact) mass is 300 g/mol. The molecule has 0 aliphatic carbocycles. The number of imidazole rings is 1. The summed E-state index contributed by atoms with van der Waals surface area (Å²) >= 11 is 5.95. The lowest BCUT2D eigenvalue weighted by molar-refractivity contribution is 0.185. The molecule has 4 heteroatoms. The summed E-state index contributed by atoms with van der Waals surface area (Å²) in [6.07, 6.45) is 0.734. The number of hydrogen-bond acceptors (Lipinski definition) is 2. The van der Waals surface area contributed by atoms with Crippen LogP contribution in [0.1, 0.15) is 11.4 Å². The van der Waals surface area contributed by atoms with Crippen molar-refractivity contribution in [2.24, 2.45) is 0 Å². The number of benzene rings is 2. The molecule has 1 heterocycles. The molecule has 0 unspecified atom stereocenters. The third-order valence-electron chi connectivity index (χ3n) is 3.48. The average molecular weight is 301 g/mol. The number of halogens is 1. The van der Waals surface area contributed by atoms with E-state index in [1.807, 2.05) is 30.3 Å². The number of aryl methyl sites for hydroxylation is 1. The van der Waals surface area contributed by atoms with Crippen LogP contribution < -0.4 is 0 Å². The predicted molar refractivity (Wildman–Crippen MR) is 86.2 cm³/mol. The fourth-order valence-corrected chi connectivity index (χ4v) is 2.77. The van der Waals surface area contributed by atoms with Crippen molar-refractivity contribution < 1.29 is 4.74 Å². The van der Waals surface area contributed by atoms with Crippen LogP contribution in [0.2, 0.25) is 0 Å². The Hall–Kier alpha value is -1.84. The normalized spacial score (nSPS) is 11.1. The van der Waals surface area contributed by atoms with Gasteiger partial charge in [0.2, 0.25) is 0 Å². The molecule has 0 saturated heterocycles. The summed E-state index contributed by atoms with van der Waals surface area (Å²) in [6, 6.07) is 16.4. The second-order valence-corrected chi connectivity index (χ2v) is 5.23. The van der Waals surface area contributed by atoms with Gasteiger partial charge in [0.15, 0.2) is 0 Å². The van der Waals surface area contributed by atoms with Crippen molar-refractivity contribution in [1.82, 2.24) is 9.55 Å². The molecule has 0 fully saturated rings. The summed E-state index contributed by atoms with van der Waals surface area (Å²) < 4.78 is 7.51. The zero-order valence-corrected chi connectivity index (χ0v) is 12.7. The molecule has 0 saturated carbocycles. The van der Waals surface area contributed by atoms with E-state index in [0.29, 0.717) is 12.5 Å². The van der Waals surface area contributed by atoms with Crippen molar-refractivity contribution in [3.05, 3.63) is 59.9 Å². The number of nitrogens with zero attached hydrogens (tertiary/aromatic N) is 2. The quantitative estimate of drug-likeness (QED) is 0.667. The Bertz CT molecular complexity index is 751. The Balaban J connectivity index is 2.25. The molecule has 21 heavy (non-hydrogen) atoms. The molecule has 3 aromatic rings. The zero-order valence-electron chi connectivity index (χ0n) is 11.9. The highest BCUT2D eigenvalue weighted by Crippen LogP contribution is 2.25. The van der Waals surface area contributed by atoms with Gasteiger partial charge in [-0.3, -0.25) is 4.57 Å². The van der Waals surface area contributed by atoms with Gasteiger partial charge in [-0.05, 0) is 18.2 Å². The van der Waals surface area contributed by atoms with Crippen LogP contribution in [0, 0.1) is 0 Å². The molecular weight excluding hydrogens is 284 g/mol. The predicted octanol–water partition coefficient (Wildman–Crippen LogP) is 3.95. The van der Waals surface area contributed by atoms with Crippen molar-refractivity contribution in [1.29, 1.82) is 0 Å². The summed E-state index contributed by atoms with van der Waals surface area (Å²) in [7, 11) is 1.71. The lowest BCUT2D eigenvalue weighted by Gasteiger charge is -2.13. The number of methoxy groups -OCH3 is 1. The van der Waals surface area contributed by atoms with E-state index < -0.39 is 0 Å². The van der Waals surface area contributed by atoms with Gasteiger partial charge in [-0.15, -0.1) is 11.6 Å². The summed E-state index contributed by atoms with van der Waals surface area (Å²) in [4.78, 5) is 4.72. The molecule has 2 aromatic carbocycles. The molecule has 0 spiro atoms. The smallest absolute Gasteiger partial charge is 0.115 e. The van der Waals surface area contributed by atoms with E-state index in [4.69, 9.17) is 21.3 Å². The fraction of sp³-hybridized carbons (Fsp3) is 0.235. The van der Waals surface area contributed by atoms with Crippen LogP contribution in [0.3, 0.4) is 0 Å². The Kier molecular flexibility index (Phi) is 4.23. The maximum absolute atomic E-state index is 5.95. The van der Waals surface area contributed by atoms with E-state index in [1.54, 1.807) is 7.11 Å². The van der Waals surface area contributed by atoms with Crippen LogP contribution >= 0.6 is 11.6 Å². The van der Waals surface area contributed by atoms with E-state index in [-0.39, 0.29) is 0 Å². The van der Waals surface area contributed by atoms with E-state index in [1.165, 1.54) is 0 Å². The first kappa shape index (κ1) is 14.1. The second kappa shape index (κ2) is 6.29. The molecule has 0 radical (unpaired) electrons. The van der Waals surface area contributed by atoms with Crippen LogP contribution in [0.4, 0.5) is 0 Å². The SMILES string of the molecule is COCc1ccccc1-n1c(CCCl)nc2ccccc21. The maximum atomic E-state index is 5.95. The minimum Gasteiger partial charge on any atom is -0.380 e. The van der Waals surface area contributed by atoms with Gasteiger partial charge in [0, 0.05) is 25.0 Å². The van der Waals surface area contributed by atoms with Gasteiger partial charge in [-0.1, -0.05) is 30.3 Å². The lowest BCUT2D eigenvalue weighted by Crippen LogP contribution is -2.05. The first-order valence-electron chi connectivity index (χ1n) is 6.94. The third-order valence-corrected chi connectivity index (χ3v) is 3.67. The number of rotatable bonds is 5. The molecule has 3 rings (SSSR count). The van der Waals surface area contributed by atoms with Crippen LogP contribution in [-0.4, -0.2) is 22.5 Å². The second-order valence-electron chi connectivity index (χ2n) is 4.85. The molecule has 0 N–H and O–H groups in total. The Morgan fingerprint density at radius 3 is 2.67 bits per heavy atom. The molecule has 0 aliphatic heterocycles. The highest BCUT2D eigenvalue weighted by Gasteiger charge is 2.14. The summed E-state index contributed by atoms with van der Waals surface area (Å²) in [6.45, 7) is 0.572. The van der Waals surface area contributed by atoms with Gasteiger partial charge in [0.1, 0.15) is 5.82 Å². The van der Waals surface area contributed by atoms with Gasteiger partial charge in [0.05, 0.1) is 23.3 Å². The molecule has 0 atom stereocenters. The summed E-state index contributed by atoms with van der Waals surface area (Å²) in [5.74, 6) is 1.53. The topological polar surface area (TPSA) is 27.1 Å². The van der Waals surface area contributed by atoms with E-state index in [9.17, 15) is 0 Å².